The number of benzene rings is 1. The van der Waals surface area contributed by atoms with Gasteiger partial charge in [-0.15, -0.1) is 11.3 Å². The zero-order chi connectivity index (χ0) is 23.3. The van der Waals surface area contributed by atoms with Crippen LogP contribution in [-0.2, 0) is 19.7 Å². The predicted molar refractivity (Wildman–Crippen MR) is 120 cm³/mol. The number of anilines is 1. The largest absolute Gasteiger partial charge is 0.395 e. The summed E-state index contributed by atoms with van der Waals surface area (Å²) in [5.74, 6) is -0.550. The van der Waals surface area contributed by atoms with Crippen LogP contribution in [-0.4, -0.2) is 71.9 Å². The fourth-order valence-corrected chi connectivity index (χ4v) is 4.98. The van der Waals surface area contributed by atoms with Crippen LogP contribution in [0.5, 0.6) is 0 Å². The maximum Gasteiger partial charge on any atom is 0.280 e. The van der Waals surface area contributed by atoms with Crippen molar-refractivity contribution in [2.24, 2.45) is 5.16 Å². The molecule has 10 nitrogen and oxygen atoms in total. The van der Waals surface area contributed by atoms with Crippen molar-refractivity contribution in [3.63, 3.8) is 0 Å². The number of aliphatic hydroxyl groups is 2. The molecule has 0 bridgehead atoms. The highest BCUT2D eigenvalue weighted by atomic mass is 32.2. The lowest BCUT2D eigenvalue weighted by molar-refractivity contribution is -0.110. The summed E-state index contributed by atoms with van der Waals surface area (Å²) < 4.78 is 26.2. The van der Waals surface area contributed by atoms with E-state index in [1.165, 1.54) is 42.6 Å². The van der Waals surface area contributed by atoms with E-state index in [1.54, 1.807) is 6.20 Å². The van der Waals surface area contributed by atoms with E-state index < -0.39 is 22.0 Å². The maximum absolute atomic E-state index is 12.9. The highest BCUT2D eigenvalue weighted by molar-refractivity contribution is 7.89. The third-order valence-electron chi connectivity index (χ3n) is 4.96. The van der Waals surface area contributed by atoms with E-state index in [9.17, 15) is 18.3 Å². The number of likely N-dealkylation sites (N-methyl/N-ethyl adjacent to an activating group) is 1. The standard InChI is InChI=1S/C20H26N4O6S2/c1-13-12-21-20(31-13)22-19(27)18(23-30-16-6-5-15(26)11-16)14-3-7-17(8-4-14)32(28,29)24(2)9-10-25/h3-4,7-8,12,15-16,25-26H,5-6,9-11H2,1-2H3,(H,21,22,27)/t15-,16-/m1/s1. The summed E-state index contributed by atoms with van der Waals surface area (Å²) >= 11 is 1.31. The van der Waals surface area contributed by atoms with Gasteiger partial charge in [0.1, 0.15) is 6.10 Å². The lowest BCUT2D eigenvalue weighted by Crippen LogP contribution is -2.29. The predicted octanol–water partition coefficient (Wildman–Crippen LogP) is 1.34. The van der Waals surface area contributed by atoms with E-state index in [0.29, 0.717) is 30.0 Å². The van der Waals surface area contributed by atoms with Crippen LogP contribution in [0.2, 0.25) is 0 Å². The topological polar surface area (TPSA) is 141 Å². The number of sulfonamides is 1. The normalized spacial score (nSPS) is 19.3. The SMILES string of the molecule is Cc1cnc(NC(=O)C(=NO[C@@H]2CC[C@@H](O)C2)c2ccc(S(=O)(=O)N(C)CCO)cc2)s1. The minimum atomic E-state index is -3.78. The van der Waals surface area contributed by atoms with Crippen LogP contribution in [0, 0.1) is 6.92 Å². The Morgan fingerprint density at radius 2 is 2.06 bits per heavy atom. The van der Waals surface area contributed by atoms with Gasteiger partial charge in [0.2, 0.25) is 10.0 Å². The first kappa shape index (κ1) is 24.3. The van der Waals surface area contributed by atoms with Crippen LogP contribution >= 0.6 is 11.3 Å². The van der Waals surface area contributed by atoms with Gasteiger partial charge in [-0.05, 0) is 31.9 Å². The molecule has 1 aromatic heterocycles. The quantitative estimate of drug-likeness (QED) is 0.362. The molecule has 1 aromatic carbocycles. The minimum Gasteiger partial charge on any atom is -0.395 e. The summed E-state index contributed by atoms with van der Waals surface area (Å²) in [6, 6.07) is 5.68. The molecule has 1 heterocycles. The molecular weight excluding hydrogens is 456 g/mol. The average Bonchev–Trinajstić information content (AvgIpc) is 3.36. The summed E-state index contributed by atoms with van der Waals surface area (Å²) in [5, 5.41) is 25.8. The van der Waals surface area contributed by atoms with E-state index in [0.717, 1.165) is 9.18 Å². The monoisotopic (exact) mass is 482 g/mol. The second-order valence-electron chi connectivity index (χ2n) is 7.44. The number of nitrogens with zero attached hydrogens (tertiary/aromatic N) is 3. The fourth-order valence-electron chi connectivity index (χ4n) is 3.16. The van der Waals surface area contributed by atoms with Gasteiger partial charge in [-0.2, -0.15) is 4.31 Å². The third kappa shape index (κ3) is 5.90. The average molecular weight is 483 g/mol. The van der Waals surface area contributed by atoms with Crippen LogP contribution in [0.1, 0.15) is 29.7 Å². The smallest absolute Gasteiger partial charge is 0.280 e. The molecule has 1 aliphatic rings. The molecule has 12 heteroatoms. The van der Waals surface area contributed by atoms with Crippen LogP contribution in [0.15, 0.2) is 40.5 Å². The lowest BCUT2D eigenvalue weighted by Gasteiger charge is -2.16. The molecule has 32 heavy (non-hydrogen) atoms. The Balaban J connectivity index is 1.85. The Morgan fingerprint density at radius 1 is 1.34 bits per heavy atom. The van der Waals surface area contributed by atoms with Crippen LogP contribution < -0.4 is 5.32 Å². The first-order valence-electron chi connectivity index (χ1n) is 10.0. The number of aromatic nitrogens is 1. The molecule has 0 unspecified atom stereocenters. The molecule has 0 spiro atoms. The molecular formula is C20H26N4O6S2. The van der Waals surface area contributed by atoms with Crippen molar-refractivity contribution in [3.05, 3.63) is 40.9 Å². The molecule has 3 rings (SSSR count). The van der Waals surface area contributed by atoms with Crippen LogP contribution in [0.4, 0.5) is 5.13 Å². The second kappa shape index (κ2) is 10.5. The number of rotatable bonds is 9. The van der Waals surface area contributed by atoms with E-state index in [-0.39, 0.29) is 29.9 Å². The number of hydrogen-bond acceptors (Lipinski definition) is 9. The molecule has 174 valence electrons. The minimum absolute atomic E-state index is 0.0207. The van der Waals surface area contributed by atoms with Crippen molar-refractivity contribution in [1.82, 2.24) is 9.29 Å². The van der Waals surface area contributed by atoms with Crippen molar-refractivity contribution in [2.75, 3.05) is 25.5 Å². The van der Waals surface area contributed by atoms with Crippen LogP contribution in [0.25, 0.3) is 0 Å². The van der Waals surface area contributed by atoms with Gasteiger partial charge >= 0.3 is 0 Å². The molecule has 0 aliphatic heterocycles. The van der Waals surface area contributed by atoms with Crippen molar-refractivity contribution in [3.8, 4) is 0 Å². The molecule has 0 radical (unpaired) electrons. The van der Waals surface area contributed by atoms with Gasteiger partial charge in [0, 0.05) is 36.7 Å². The fraction of sp³-hybridized carbons (Fsp3) is 0.450. The first-order chi connectivity index (χ1) is 15.2. The van der Waals surface area contributed by atoms with E-state index in [4.69, 9.17) is 9.94 Å². The Labute approximate surface area is 190 Å². The van der Waals surface area contributed by atoms with Gasteiger partial charge in [0.05, 0.1) is 17.6 Å². The number of aryl methyl sites for hydroxylation is 1. The number of carbonyl (C=O) groups excluding carboxylic acids is 1. The van der Waals surface area contributed by atoms with E-state index in [2.05, 4.69) is 15.5 Å². The molecule has 1 saturated carbocycles. The van der Waals surface area contributed by atoms with Gasteiger partial charge in [0.25, 0.3) is 5.91 Å². The molecule has 3 N–H and O–H groups in total. The summed E-state index contributed by atoms with van der Waals surface area (Å²) in [4.78, 5) is 23.5. The summed E-state index contributed by atoms with van der Waals surface area (Å²) in [7, 11) is -2.40. The molecule has 1 amide bonds. The van der Waals surface area contributed by atoms with E-state index >= 15 is 0 Å². The van der Waals surface area contributed by atoms with Crippen molar-refractivity contribution < 1.29 is 28.3 Å². The number of carbonyl (C=O) groups is 1. The van der Waals surface area contributed by atoms with Crippen molar-refractivity contribution in [2.45, 2.75) is 43.3 Å². The lowest BCUT2D eigenvalue weighted by atomic mass is 10.1. The first-order valence-corrected chi connectivity index (χ1v) is 12.3. The number of hydrogen-bond donors (Lipinski definition) is 3. The number of amides is 1. The molecule has 1 fully saturated rings. The number of nitrogens with one attached hydrogen (secondary N) is 1. The maximum atomic E-state index is 12.9. The third-order valence-corrected chi connectivity index (χ3v) is 7.66. The Morgan fingerprint density at radius 3 is 2.62 bits per heavy atom. The summed E-state index contributed by atoms with van der Waals surface area (Å²) in [6.45, 7) is 1.53. The highest BCUT2D eigenvalue weighted by Crippen LogP contribution is 2.23. The zero-order valence-corrected chi connectivity index (χ0v) is 19.4. The summed E-state index contributed by atoms with van der Waals surface area (Å²) in [6.07, 6.45) is 2.54. The Kier molecular flexibility index (Phi) is 7.96. The number of aliphatic hydroxyl groups excluding tert-OH is 2. The van der Waals surface area contributed by atoms with Crippen LogP contribution in [0.3, 0.4) is 0 Å². The van der Waals surface area contributed by atoms with Gasteiger partial charge in [-0.25, -0.2) is 13.4 Å². The molecule has 2 aromatic rings. The Hall–Kier alpha value is -2.38. The summed E-state index contributed by atoms with van der Waals surface area (Å²) in [5.41, 5.74) is 0.324. The molecule has 1 aliphatic carbocycles. The van der Waals surface area contributed by atoms with Crippen molar-refractivity contribution >= 4 is 38.1 Å². The van der Waals surface area contributed by atoms with Crippen molar-refractivity contribution in [1.29, 1.82) is 0 Å². The second-order valence-corrected chi connectivity index (χ2v) is 10.7. The number of oxime groups is 1. The Bertz CT molecular complexity index is 1070. The van der Waals surface area contributed by atoms with Gasteiger partial charge in [-0.3, -0.25) is 10.1 Å². The van der Waals surface area contributed by atoms with Gasteiger partial charge < -0.3 is 15.1 Å². The zero-order valence-electron chi connectivity index (χ0n) is 17.8. The van der Waals surface area contributed by atoms with E-state index in [1.807, 2.05) is 6.92 Å². The van der Waals surface area contributed by atoms with Gasteiger partial charge in [-0.1, -0.05) is 17.3 Å². The molecule has 0 saturated heterocycles. The highest BCUT2D eigenvalue weighted by Gasteiger charge is 2.26. The molecule has 2 atom stereocenters. The number of thiazole rings is 1. The van der Waals surface area contributed by atoms with Gasteiger partial charge in [0.15, 0.2) is 10.8 Å².